The molecule has 36 heavy (non-hydrogen) atoms. The van der Waals surface area contributed by atoms with Crippen molar-refractivity contribution in [3.63, 3.8) is 0 Å². The zero-order valence-corrected chi connectivity index (χ0v) is 19.5. The molecule has 7 rings (SSSR count). The van der Waals surface area contributed by atoms with Crippen molar-refractivity contribution in [3.8, 4) is 22.6 Å². The van der Waals surface area contributed by atoms with Crippen LogP contribution in [-0.4, -0.2) is 22.4 Å². The lowest BCUT2D eigenvalue weighted by atomic mass is 9.74. The van der Waals surface area contributed by atoms with Crippen LogP contribution in [0.4, 0.5) is 0 Å². The highest BCUT2D eigenvalue weighted by Gasteiger charge is 2.41. The third-order valence-electron chi connectivity index (χ3n) is 7.45. The summed E-state index contributed by atoms with van der Waals surface area (Å²) < 4.78 is 6.42. The van der Waals surface area contributed by atoms with Crippen molar-refractivity contribution in [1.29, 1.82) is 0 Å². The minimum absolute atomic E-state index is 0.0970. The topological polar surface area (TPSA) is 49.7 Å². The fraction of sp³-hybridized carbons (Fsp3) is 0.0909. The zero-order valence-electron chi connectivity index (χ0n) is 19.5. The Morgan fingerprint density at radius 2 is 1.39 bits per heavy atom. The van der Waals surface area contributed by atoms with E-state index in [2.05, 4.69) is 48.5 Å². The number of fused-ring (bicyclic) bond motifs is 5. The Hall–Kier alpha value is -4.34. The summed E-state index contributed by atoms with van der Waals surface area (Å²) >= 11 is 0. The Morgan fingerprint density at radius 3 is 2.22 bits per heavy atom. The van der Waals surface area contributed by atoms with Crippen molar-refractivity contribution in [1.82, 2.24) is 0 Å². The predicted molar refractivity (Wildman–Crippen MR) is 143 cm³/mol. The molecule has 174 valence electrons. The van der Waals surface area contributed by atoms with E-state index in [0.29, 0.717) is 5.75 Å². The van der Waals surface area contributed by atoms with E-state index in [1.54, 1.807) is 6.07 Å². The molecule has 0 saturated heterocycles. The SMILES string of the molecule is Oc1cc2ccccc2c2c1OC1C(=c3ccccc3=CC1O)C2c1ccc(-c2ccccc2)cc1. The van der Waals surface area contributed by atoms with Crippen LogP contribution < -0.4 is 15.2 Å². The largest absolute Gasteiger partial charge is 0.504 e. The summed E-state index contributed by atoms with van der Waals surface area (Å²) in [6, 6.07) is 37.0. The van der Waals surface area contributed by atoms with Crippen LogP contribution in [0.2, 0.25) is 0 Å². The normalized spacial score (nSPS) is 20.0. The number of ether oxygens (including phenoxy) is 1. The van der Waals surface area contributed by atoms with Crippen LogP contribution in [-0.2, 0) is 0 Å². The Labute approximate surface area is 208 Å². The molecular weight excluding hydrogens is 444 g/mol. The lowest BCUT2D eigenvalue weighted by molar-refractivity contribution is 0.101. The van der Waals surface area contributed by atoms with E-state index < -0.39 is 12.2 Å². The van der Waals surface area contributed by atoms with Crippen molar-refractivity contribution in [2.45, 2.75) is 18.1 Å². The average molecular weight is 469 g/mol. The molecule has 3 atom stereocenters. The summed E-state index contributed by atoms with van der Waals surface area (Å²) in [5, 5.41) is 26.3. The summed E-state index contributed by atoms with van der Waals surface area (Å²) in [7, 11) is 0. The van der Waals surface area contributed by atoms with Crippen LogP contribution in [0.1, 0.15) is 17.0 Å². The molecule has 1 aliphatic carbocycles. The van der Waals surface area contributed by atoms with Gasteiger partial charge in [-0.05, 0) is 55.6 Å². The molecule has 0 amide bonds. The third-order valence-corrected chi connectivity index (χ3v) is 7.45. The average Bonchev–Trinajstić information content (AvgIpc) is 2.93. The number of phenols is 1. The maximum atomic E-state index is 11.2. The van der Waals surface area contributed by atoms with Crippen LogP contribution in [0.15, 0.2) is 109 Å². The van der Waals surface area contributed by atoms with Crippen LogP contribution in [0.3, 0.4) is 0 Å². The van der Waals surface area contributed by atoms with Crippen molar-refractivity contribution in [2.75, 3.05) is 0 Å². The first-order valence-corrected chi connectivity index (χ1v) is 12.2. The van der Waals surface area contributed by atoms with Gasteiger partial charge in [-0.25, -0.2) is 0 Å². The molecule has 0 fully saturated rings. The van der Waals surface area contributed by atoms with Gasteiger partial charge in [0.15, 0.2) is 17.6 Å². The maximum Gasteiger partial charge on any atom is 0.166 e. The van der Waals surface area contributed by atoms with Gasteiger partial charge in [-0.2, -0.15) is 0 Å². The van der Waals surface area contributed by atoms with Gasteiger partial charge >= 0.3 is 0 Å². The number of rotatable bonds is 2. The van der Waals surface area contributed by atoms with Crippen molar-refractivity contribution < 1.29 is 14.9 Å². The molecule has 5 aromatic rings. The number of aliphatic hydroxyl groups is 1. The van der Waals surface area contributed by atoms with E-state index in [0.717, 1.165) is 49.0 Å². The van der Waals surface area contributed by atoms with Gasteiger partial charge in [0.05, 0.1) is 0 Å². The van der Waals surface area contributed by atoms with E-state index in [1.165, 1.54) is 0 Å². The minimum atomic E-state index is -0.819. The van der Waals surface area contributed by atoms with Gasteiger partial charge in [-0.1, -0.05) is 103 Å². The minimum Gasteiger partial charge on any atom is -0.504 e. The number of hydrogen-bond acceptors (Lipinski definition) is 3. The Morgan fingerprint density at radius 1 is 0.694 bits per heavy atom. The monoisotopic (exact) mass is 468 g/mol. The summed E-state index contributed by atoms with van der Waals surface area (Å²) in [6.07, 6.45) is 0.445. The molecule has 5 aromatic carbocycles. The molecule has 2 N–H and O–H groups in total. The van der Waals surface area contributed by atoms with E-state index in [-0.39, 0.29) is 11.7 Å². The third kappa shape index (κ3) is 3.17. The second kappa shape index (κ2) is 8.11. The molecule has 3 unspecified atom stereocenters. The van der Waals surface area contributed by atoms with E-state index in [1.807, 2.05) is 60.7 Å². The molecule has 0 bridgehead atoms. The first-order chi connectivity index (χ1) is 17.7. The fourth-order valence-electron chi connectivity index (χ4n) is 5.85. The molecule has 3 heteroatoms. The number of phenolic OH excluding ortho intramolecular Hbond substituents is 1. The number of aromatic hydroxyl groups is 1. The molecule has 0 aromatic heterocycles. The Bertz CT molecular complexity index is 1740. The predicted octanol–water partition coefficient (Wildman–Crippen LogP) is 5.11. The summed E-state index contributed by atoms with van der Waals surface area (Å²) in [5.41, 5.74) is 5.37. The standard InChI is InChI=1S/C33H24O3/c34-27-18-23-10-4-6-12-25(23)30-29(22-16-14-21(15-17-22)20-8-2-1-3-9-20)31-26-13-7-5-11-24(26)19-28(35)33(31)36-32(27)30/h1-19,27,29,32,34-35H. The molecule has 0 radical (unpaired) electrons. The second-order valence-electron chi connectivity index (χ2n) is 9.52. The first kappa shape index (κ1) is 21.0. The van der Waals surface area contributed by atoms with Gasteiger partial charge in [0.1, 0.15) is 6.10 Å². The number of aliphatic hydroxyl groups excluding tert-OH is 1. The summed E-state index contributed by atoms with van der Waals surface area (Å²) in [4.78, 5) is 0. The van der Waals surface area contributed by atoms with Crippen LogP contribution in [0.5, 0.6) is 11.5 Å². The lowest BCUT2D eigenvalue weighted by Crippen LogP contribution is -2.48. The van der Waals surface area contributed by atoms with Crippen molar-refractivity contribution >= 4 is 22.4 Å². The Balaban J connectivity index is 1.55. The molecule has 1 heterocycles. The number of hydrogen-bond donors (Lipinski definition) is 2. The maximum absolute atomic E-state index is 11.2. The van der Waals surface area contributed by atoms with Gasteiger partial charge in [-0.3, -0.25) is 0 Å². The zero-order chi connectivity index (χ0) is 24.2. The van der Waals surface area contributed by atoms with Crippen LogP contribution >= 0.6 is 0 Å². The highest BCUT2D eigenvalue weighted by atomic mass is 16.5. The smallest absolute Gasteiger partial charge is 0.166 e. The van der Waals surface area contributed by atoms with Crippen molar-refractivity contribution in [2.24, 2.45) is 0 Å². The van der Waals surface area contributed by atoms with E-state index in [4.69, 9.17) is 4.74 Å². The van der Waals surface area contributed by atoms with E-state index >= 15 is 0 Å². The number of benzene rings is 5. The van der Waals surface area contributed by atoms with E-state index in [9.17, 15) is 10.2 Å². The van der Waals surface area contributed by atoms with Crippen LogP contribution in [0, 0.1) is 0 Å². The second-order valence-corrected chi connectivity index (χ2v) is 9.52. The highest BCUT2D eigenvalue weighted by Crippen LogP contribution is 2.52. The quantitative estimate of drug-likeness (QED) is 0.379. The molecule has 1 aliphatic heterocycles. The highest BCUT2D eigenvalue weighted by molar-refractivity contribution is 5.94. The Kier molecular flexibility index (Phi) is 4.73. The van der Waals surface area contributed by atoms with Gasteiger partial charge in [0.25, 0.3) is 0 Å². The fourth-order valence-corrected chi connectivity index (χ4v) is 5.85. The molecule has 3 nitrogen and oxygen atoms in total. The van der Waals surface area contributed by atoms with Gasteiger partial charge < -0.3 is 14.9 Å². The lowest BCUT2D eigenvalue weighted by Gasteiger charge is -2.39. The summed E-state index contributed by atoms with van der Waals surface area (Å²) in [5.74, 6) is 0.358. The van der Waals surface area contributed by atoms with Gasteiger partial charge in [-0.15, -0.1) is 0 Å². The van der Waals surface area contributed by atoms with Crippen LogP contribution in [0.25, 0.3) is 33.5 Å². The van der Waals surface area contributed by atoms with Gasteiger partial charge in [0.2, 0.25) is 0 Å². The molecule has 2 aliphatic rings. The molecule has 0 saturated carbocycles. The van der Waals surface area contributed by atoms with Gasteiger partial charge in [0, 0.05) is 11.5 Å². The van der Waals surface area contributed by atoms with Crippen molar-refractivity contribution in [3.05, 3.63) is 131 Å². The molecular formula is C33H24O3. The molecule has 0 spiro atoms. The first-order valence-electron chi connectivity index (χ1n) is 12.2. The summed E-state index contributed by atoms with van der Waals surface area (Å²) in [6.45, 7) is 0.